The van der Waals surface area contributed by atoms with Crippen LogP contribution in [0.2, 0.25) is 0 Å². The molecule has 0 radical (unpaired) electrons. The van der Waals surface area contributed by atoms with Gasteiger partial charge in [0, 0.05) is 31.1 Å². The molecule has 0 aromatic heterocycles. The van der Waals surface area contributed by atoms with Gasteiger partial charge in [0.1, 0.15) is 23.9 Å². The molecule has 0 bridgehead atoms. The summed E-state index contributed by atoms with van der Waals surface area (Å²) in [6.45, 7) is 11.0. The molecule has 0 N–H and O–H groups in total. The van der Waals surface area contributed by atoms with Crippen LogP contribution in [0, 0.1) is 11.8 Å². The number of esters is 1. The van der Waals surface area contributed by atoms with Crippen LogP contribution in [0.4, 0.5) is 0 Å². The highest BCUT2D eigenvalue weighted by Crippen LogP contribution is 2.27. The number of rotatable bonds is 62. The van der Waals surface area contributed by atoms with Gasteiger partial charge in [0.25, 0.3) is 0 Å². The van der Waals surface area contributed by atoms with Gasteiger partial charge in [0.05, 0.1) is 6.61 Å². The van der Waals surface area contributed by atoms with Gasteiger partial charge in [-0.25, -0.2) is 0 Å². The molecule has 1 rings (SSSR count). The molecule has 0 unspecified atom stereocenters. The Kier molecular flexibility index (Phi) is 53.6. The number of hydrogen-bond donors (Lipinski definition) is 0. The average molecular weight is 1090 g/mol. The molecule has 78 heavy (non-hydrogen) atoms. The number of hydrogen-bond acceptors (Lipinski definition) is 6. The Bertz CT molecular complexity index is 1430. The number of aryl methyl sites for hydroxylation is 1. The lowest BCUT2D eigenvalue weighted by molar-refractivity contribution is -0.145. The summed E-state index contributed by atoms with van der Waals surface area (Å²) >= 11 is 0. The van der Waals surface area contributed by atoms with Crippen molar-refractivity contribution in [3.8, 4) is 5.75 Å². The first-order chi connectivity index (χ1) is 38.2. The topological polar surface area (TPSA) is 72.9 Å². The third-order valence-electron chi connectivity index (χ3n) is 17.0. The van der Waals surface area contributed by atoms with Crippen molar-refractivity contribution < 1.29 is 23.9 Å². The Morgan fingerprint density at radius 3 is 1.12 bits per heavy atom. The van der Waals surface area contributed by atoms with E-state index in [0.717, 1.165) is 121 Å². The number of benzene rings is 1. The van der Waals surface area contributed by atoms with E-state index in [0.29, 0.717) is 24.6 Å². The maximum atomic E-state index is 13.6. The number of unbranched alkanes of at least 4 members (excludes halogenated alkanes) is 37. The Morgan fingerprint density at radius 2 is 0.731 bits per heavy atom. The second-order valence-corrected chi connectivity index (χ2v) is 24.9. The molecule has 1 aromatic rings. The van der Waals surface area contributed by atoms with Crippen LogP contribution in [0.1, 0.15) is 366 Å². The summed E-state index contributed by atoms with van der Waals surface area (Å²) in [5, 5.41) is 0. The highest BCUT2D eigenvalue weighted by molar-refractivity contribution is 5.81. The van der Waals surface area contributed by atoms with Crippen LogP contribution in [-0.4, -0.2) is 49.7 Å². The van der Waals surface area contributed by atoms with Crippen molar-refractivity contribution in [2.75, 3.05) is 27.2 Å². The van der Waals surface area contributed by atoms with Crippen LogP contribution < -0.4 is 4.74 Å². The molecule has 1 aromatic carbocycles. The molecule has 0 spiro atoms. The Labute approximate surface area is 486 Å². The van der Waals surface area contributed by atoms with E-state index in [4.69, 9.17) is 9.47 Å². The van der Waals surface area contributed by atoms with E-state index in [1.54, 1.807) is 0 Å². The summed E-state index contributed by atoms with van der Waals surface area (Å²) in [6.07, 6.45) is 62.9. The summed E-state index contributed by atoms with van der Waals surface area (Å²) in [5.74, 6) is 2.38. The first-order valence-electron chi connectivity index (χ1n) is 34.9. The number of Topliss-reactive ketones (excluding diaryl/α,β-unsaturated/α-hetero) is 2. The van der Waals surface area contributed by atoms with Crippen LogP contribution in [0.25, 0.3) is 0 Å². The minimum Gasteiger partial charge on any atom is -0.494 e. The highest BCUT2D eigenvalue weighted by atomic mass is 16.5. The summed E-state index contributed by atoms with van der Waals surface area (Å²) in [7, 11) is 4.07. The van der Waals surface area contributed by atoms with Crippen molar-refractivity contribution in [2.45, 2.75) is 368 Å². The second-order valence-electron chi connectivity index (χ2n) is 24.9. The zero-order chi connectivity index (χ0) is 56.6. The van der Waals surface area contributed by atoms with E-state index in [9.17, 15) is 14.4 Å². The van der Waals surface area contributed by atoms with E-state index in [1.807, 2.05) is 14.1 Å². The van der Waals surface area contributed by atoms with Crippen LogP contribution in [-0.2, 0) is 32.1 Å². The molecule has 0 aliphatic carbocycles. The van der Waals surface area contributed by atoms with Gasteiger partial charge in [-0.15, -0.1) is 0 Å². The van der Waals surface area contributed by atoms with Crippen LogP contribution in [0.3, 0.4) is 0 Å². The lowest BCUT2D eigenvalue weighted by Gasteiger charge is -2.16. The van der Waals surface area contributed by atoms with E-state index in [1.165, 1.54) is 230 Å². The molecule has 0 saturated carbocycles. The first kappa shape index (κ1) is 73.8. The van der Waals surface area contributed by atoms with E-state index < -0.39 is 0 Å². The predicted molar refractivity (Wildman–Crippen MR) is 339 cm³/mol. The minimum atomic E-state index is -0.135. The minimum absolute atomic E-state index is 0.135. The largest absolute Gasteiger partial charge is 0.494 e. The van der Waals surface area contributed by atoms with Gasteiger partial charge in [-0.05, 0) is 108 Å². The number of ether oxygens (including phenoxy) is 2. The van der Waals surface area contributed by atoms with Gasteiger partial charge in [-0.1, -0.05) is 284 Å². The molecule has 6 heteroatoms. The fourth-order valence-electron chi connectivity index (χ4n) is 11.7. The summed E-state index contributed by atoms with van der Waals surface area (Å²) in [5.41, 5.74) is 2.31. The lowest BCUT2D eigenvalue weighted by atomic mass is 9.88. The second kappa shape index (κ2) is 56.6. The van der Waals surface area contributed by atoms with Crippen LogP contribution in [0.15, 0.2) is 18.2 Å². The fourth-order valence-corrected chi connectivity index (χ4v) is 11.7. The molecule has 456 valence electrons. The average Bonchev–Trinajstić information content (AvgIpc) is 3.43. The molecule has 0 heterocycles. The normalized spacial score (nSPS) is 11.7. The summed E-state index contributed by atoms with van der Waals surface area (Å²) < 4.78 is 12.2. The Morgan fingerprint density at radius 1 is 0.385 bits per heavy atom. The molecule has 6 nitrogen and oxygen atoms in total. The number of nitrogens with zero attached hydrogens (tertiary/aromatic N) is 1. The molecule has 0 saturated heterocycles. The van der Waals surface area contributed by atoms with E-state index in [2.05, 4.69) is 50.8 Å². The third-order valence-corrected chi connectivity index (χ3v) is 17.0. The zero-order valence-electron chi connectivity index (χ0n) is 53.3. The maximum absolute atomic E-state index is 13.6. The quantitative estimate of drug-likeness (QED) is 0.0478. The van der Waals surface area contributed by atoms with Crippen molar-refractivity contribution in [2.24, 2.45) is 11.8 Å². The molecule has 0 amide bonds. The number of carbonyl (C=O) groups is 3. The molecule has 0 fully saturated rings. The van der Waals surface area contributed by atoms with Crippen molar-refractivity contribution in [3.63, 3.8) is 0 Å². The van der Waals surface area contributed by atoms with Gasteiger partial charge in [-0.2, -0.15) is 0 Å². The molecular weight excluding hydrogens is 959 g/mol. The Hall–Kier alpha value is -2.21. The summed E-state index contributed by atoms with van der Waals surface area (Å²) in [4.78, 5) is 41.9. The predicted octanol–water partition coefficient (Wildman–Crippen LogP) is 22.6. The van der Waals surface area contributed by atoms with Crippen LogP contribution in [0.5, 0.6) is 5.75 Å². The van der Waals surface area contributed by atoms with Gasteiger partial charge >= 0.3 is 5.97 Å². The van der Waals surface area contributed by atoms with Crippen molar-refractivity contribution in [1.29, 1.82) is 0 Å². The number of carbonyl (C=O) groups excluding carboxylic acids is 3. The van der Waals surface area contributed by atoms with Gasteiger partial charge < -0.3 is 14.4 Å². The van der Waals surface area contributed by atoms with E-state index >= 15 is 0 Å². The van der Waals surface area contributed by atoms with Gasteiger partial charge in [-0.3, -0.25) is 14.4 Å². The SMILES string of the molecule is CCCCCCCCCCC(CCCCCCCCCC)C(=O)CCCCCCCCc1ccc(OCCCCCCCC(=O)C(CCCCCCCCCC)CCCCCCCCCC)cc1COC(=O)CCCN(C)C. The number of ketones is 2. The van der Waals surface area contributed by atoms with Crippen molar-refractivity contribution >= 4 is 17.5 Å². The fraction of sp³-hybridized carbons (Fsp3) is 0.875. The lowest BCUT2D eigenvalue weighted by Crippen LogP contribution is -2.15. The van der Waals surface area contributed by atoms with Crippen molar-refractivity contribution in [3.05, 3.63) is 29.3 Å². The highest BCUT2D eigenvalue weighted by Gasteiger charge is 2.19. The van der Waals surface area contributed by atoms with Crippen LogP contribution >= 0.6 is 0 Å². The molecule has 0 aliphatic heterocycles. The van der Waals surface area contributed by atoms with Gasteiger partial charge in [0.15, 0.2) is 0 Å². The van der Waals surface area contributed by atoms with Crippen molar-refractivity contribution in [1.82, 2.24) is 4.90 Å². The monoisotopic (exact) mass is 1090 g/mol. The molecular formula is C72H133NO5. The first-order valence-corrected chi connectivity index (χ1v) is 34.9. The standard InChI is InChI=1S/C72H133NO5/c1-7-11-15-19-23-27-35-43-52-66(53-44-36-28-24-20-16-12-8-2)70(74)56-47-39-32-31-34-42-51-65-59-60-69(63-68(65)64-78-72(76)58-50-61-73(5)6)77-62-49-41-33-40-48-57-71(75)67(54-45-37-29-25-21-17-13-9-3)55-46-38-30-26-22-18-14-10-4/h59-60,63,66-67H,7-58,61-62,64H2,1-6H3. The molecule has 0 atom stereocenters. The molecule has 0 aliphatic rings. The smallest absolute Gasteiger partial charge is 0.306 e. The maximum Gasteiger partial charge on any atom is 0.306 e. The third kappa shape index (κ3) is 46.4. The Balaban J connectivity index is 2.59. The van der Waals surface area contributed by atoms with E-state index in [-0.39, 0.29) is 24.4 Å². The zero-order valence-corrected chi connectivity index (χ0v) is 53.3. The summed E-state index contributed by atoms with van der Waals surface area (Å²) in [6, 6.07) is 6.41. The van der Waals surface area contributed by atoms with Gasteiger partial charge in [0.2, 0.25) is 0 Å².